The lowest BCUT2D eigenvalue weighted by atomic mass is 9.44. The Morgan fingerprint density at radius 3 is 2.62 bits per heavy atom. The van der Waals surface area contributed by atoms with Crippen LogP contribution in [-0.4, -0.2) is 27.6 Å². The molecule has 4 aliphatic carbocycles. The molecule has 0 heterocycles. The molecule has 0 saturated heterocycles. The van der Waals surface area contributed by atoms with Crippen molar-refractivity contribution in [3.63, 3.8) is 0 Å². The van der Waals surface area contributed by atoms with E-state index in [1.54, 1.807) is 6.08 Å². The number of allylic oxidation sites excluding steroid dienone is 4. The molecule has 4 aliphatic rings. The minimum atomic E-state index is -0.868. The molecular formula is C25H36O4. The highest BCUT2D eigenvalue weighted by Crippen LogP contribution is 2.69. The van der Waals surface area contributed by atoms with Gasteiger partial charge in [-0.2, -0.15) is 0 Å². The number of aliphatic hydroxyl groups is 1. The summed E-state index contributed by atoms with van der Waals surface area (Å²) in [6, 6.07) is 0. The Bertz CT molecular complexity index is 767. The van der Waals surface area contributed by atoms with E-state index in [4.69, 9.17) is 0 Å². The third-order valence-electron chi connectivity index (χ3n) is 9.47. The van der Waals surface area contributed by atoms with Gasteiger partial charge >= 0.3 is 5.97 Å². The maximum absolute atomic E-state index is 12.1. The minimum Gasteiger partial charge on any atom is -0.481 e. The van der Waals surface area contributed by atoms with Crippen molar-refractivity contribution < 1.29 is 19.8 Å². The summed E-state index contributed by atoms with van der Waals surface area (Å²) in [5.74, 6) is 1.32. The average Bonchev–Trinajstić information content (AvgIpc) is 2.93. The Balaban J connectivity index is 1.70. The molecule has 0 aromatic heterocycles. The Morgan fingerprint density at radius 1 is 1.21 bits per heavy atom. The summed E-state index contributed by atoms with van der Waals surface area (Å²) >= 11 is 0. The van der Waals surface area contributed by atoms with E-state index in [9.17, 15) is 19.8 Å². The Morgan fingerprint density at radius 2 is 1.93 bits per heavy atom. The van der Waals surface area contributed by atoms with Gasteiger partial charge in [0, 0.05) is 11.8 Å². The van der Waals surface area contributed by atoms with Crippen molar-refractivity contribution in [1.82, 2.24) is 0 Å². The van der Waals surface area contributed by atoms with Crippen LogP contribution in [0.25, 0.3) is 0 Å². The Kier molecular flexibility index (Phi) is 5.08. The molecule has 3 fully saturated rings. The lowest BCUT2D eigenvalue weighted by Crippen LogP contribution is -2.56. The molecule has 4 nitrogen and oxygen atoms in total. The number of hydrogen-bond acceptors (Lipinski definition) is 3. The first-order chi connectivity index (χ1) is 13.6. The highest BCUT2D eigenvalue weighted by atomic mass is 16.4. The van der Waals surface area contributed by atoms with Crippen molar-refractivity contribution in [2.75, 3.05) is 0 Å². The maximum Gasteiger partial charge on any atom is 0.303 e. The molecule has 0 aromatic carbocycles. The summed E-state index contributed by atoms with van der Waals surface area (Å²) in [7, 11) is 0. The molecule has 4 heteroatoms. The highest BCUT2D eigenvalue weighted by Gasteiger charge is 2.64. The van der Waals surface area contributed by atoms with Gasteiger partial charge in [0.2, 0.25) is 0 Å². The molecule has 1 unspecified atom stereocenters. The van der Waals surface area contributed by atoms with E-state index in [0.717, 1.165) is 44.9 Å². The summed E-state index contributed by atoms with van der Waals surface area (Å²) in [5.41, 5.74) is 0.188. The fraction of sp³-hybridized carbons (Fsp3) is 0.760. The first kappa shape index (κ1) is 20.8. The standard InChI is InChI=1S/C25H36O4/c1-4-5-16-14-17-15-18(26)6-10-23(17,2)19-7-11-24(3)20(22(16)19)8-12-25(24,29)13-9-21(27)28/h6,10,15-16,19-20,22,29H,4-5,7-9,11-14H2,1-3H3,(H,27,28)/t16?,19-,20-,22+,23-,24-,25-/m0/s1. The van der Waals surface area contributed by atoms with Gasteiger partial charge in [0.25, 0.3) is 0 Å². The molecule has 0 aliphatic heterocycles. The SMILES string of the molecule is CCCC1CC2=CC(=O)C=C[C@]2(C)[C@H]2CC[C@@]3(C)[C@@H](CC[C@]3(O)CCC(=O)O)[C@H]12. The second-order valence-electron chi connectivity index (χ2n) is 10.7. The van der Waals surface area contributed by atoms with Crippen LogP contribution in [0.4, 0.5) is 0 Å². The van der Waals surface area contributed by atoms with Gasteiger partial charge in [-0.1, -0.05) is 45.3 Å². The zero-order chi connectivity index (χ0) is 21.0. The molecule has 7 atom stereocenters. The lowest BCUT2D eigenvalue weighted by molar-refractivity contribution is -0.149. The van der Waals surface area contributed by atoms with Gasteiger partial charge in [-0.25, -0.2) is 0 Å². The molecule has 160 valence electrons. The van der Waals surface area contributed by atoms with Gasteiger partial charge < -0.3 is 10.2 Å². The van der Waals surface area contributed by atoms with Crippen LogP contribution in [0.5, 0.6) is 0 Å². The van der Waals surface area contributed by atoms with Gasteiger partial charge in [-0.3, -0.25) is 9.59 Å². The van der Waals surface area contributed by atoms with Gasteiger partial charge in [-0.15, -0.1) is 0 Å². The number of hydrogen-bond donors (Lipinski definition) is 2. The van der Waals surface area contributed by atoms with E-state index in [-0.39, 0.29) is 23.0 Å². The van der Waals surface area contributed by atoms with Crippen LogP contribution in [-0.2, 0) is 9.59 Å². The van der Waals surface area contributed by atoms with Gasteiger partial charge in [0.05, 0.1) is 5.60 Å². The first-order valence-corrected chi connectivity index (χ1v) is 11.5. The van der Waals surface area contributed by atoms with E-state index >= 15 is 0 Å². The van der Waals surface area contributed by atoms with Crippen molar-refractivity contribution in [3.05, 3.63) is 23.8 Å². The molecule has 2 N–H and O–H groups in total. The number of carboxylic acids is 1. The van der Waals surface area contributed by atoms with Crippen molar-refractivity contribution in [2.24, 2.45) is 34.5 Å². The first-order valence-electron chi connectivity index (χ1n) is 11.5. The predicted molar refractivity (Wildman–Crippen MR) is 112 cm³/mol. The molecule has 0 amide bonds. The van der Waals surface area contributed by atoms with Crippen molar-refractivity contribution in [2.45, 2.75) is 84.2 Å². The van der Waals surface area contributed by atoms with Crippen LogP contribution in [0.1, 0.15) is 78.6 Å². The van der Waals surface area contributed by atoms with Crippen LogP contribution in [0.3, 0.4) is 0 Å². The highest BCUT2D eigenvalue weighted by molar-refractivity contribution is 6.01. The number of carboxylic acid groups (broad SMARTS) is 1. The van der Waals surface area contributed by atoms with Crippen molar-refractivity contribution in [1.29, 1.82) is 0 Å². The van der Waals surface area contributed by atoms with Gasteiger partial charge in [-0.05, 0) is 79.8 Å². The summed E-state index contributed by atoms with van der Waals surface area (Å²) in [6.07, 6.45) is 13.2. The summed E-state index contributed by atoms with van der Waals surface area (Å²) in [6.45, 7) is 6.79. The molecule has 0 radical (unpaired) electrons. The number of carbonyl (C=O) groups is 2. The van der Waals surface area contributed by atoms with E-state index in [2.05, 4.69) is 26.8 Å². The zero-order valence-electron chi connectivity index (χ0n) is 18.1. The normalized spacial score (nSPS) is 45.9. The van der Waals surface area contributed by atoms with E-state index in [1.165, 1.54) is 5.57 Å². The summed E-state index contributed by atoms with van der Waals surface area (Å²) in [5, 5.41) is 20.8. The minimum absolute atomic E-state index is 0.0424. The fourth-order valence-corrected chi connectivity index (χ4v) is 7.85. The third-order valence-corrected chi connectivity index (χ3v) is 9.47. The summed E-state index contributed by atoms with van der Waals surface area (Å²) < 4.78 is 0. The average molecular weight is 401 g/mol. The van der Waals surface area contributed by atoms with Crippen LogP contribution in [0.15, 0.2) is 23.8 Å². The van der Waals surface area contributed by atoms with Gasteiger partial charge in [0.15, 0.2) is 5.78 Å². The third kappa shape index (κ3) is 3.05. The second-order valence-corrected chi connectivity index (χ2v) is 10.7. The van der Waals surface area contributed by atoms with Crippen molar-refractivity contribution in [3.8, 4) is 0 Å². The number of carbonyl (C=O) groups excluding carboxylic acids is 1. The number of ketones is 1. The summed E-state index contributed by atoms with van der Waals surface area (Å²) in [4.78, 5) is 23.3. The van der Waals surface area contributed by atoms with Crippen LogP contribution in [0, 0.1) is 34.5 Å². The van der Waals surface area contributed by atoms with Crippen LogP contribution in [0.2, 0.25) is 0 Å². The fourth-order valence-electron chi connectivity index (χ4n) is 7.85. The Labute approximate surface area is 174 Å². The van der Waals surface area contributed by atoms with E-state index in [1.807, 2.05) is 6.08 Å². The molecule has 3 saturated carbocycles. The predicted octanol–water partition coefficient (Wildman–Crippen LogP) is 4.92. The monoisotopic (exact) mass is 400 g/mol. The molecule has 0 aromatic rings. The molecular weight excluding hydrogens is 364 g/mol. The quantitative estimate of drug-likeness (QED) is 0.687. The largest absolute Gasteiger partial charge is 0.481 e. The topological polar surface area (TPSA) is 74.6 Å². The number of rotatable bonds is 5. The molecule has 0 spiro atoms. The number of fused-ring (bicyclic) bond motifs is 5. The Hall–Kier alpha value is -1.42. The van der Waals surface area contributed by atoms with E-state index in [0.29, 0.717) is 30.1 Å². The smallest absolute Gasteiger partial charge is 0.303 e. The number of aliphatic carboxylic acids is 1. The molecule has 29 heavy (non-hydrogen) atoms. The van der Waals surface area contributed by atoms with Gasteiger partial charge in [0.1, 0.15) is 0 Å². The van der Waals surface area contributed by atoms with Crippen LogP contribution >= 0.6 is 0 Å². The molecule has 0 bridgehead atoms. The second kappa shape index (κ2) is 7.08. The van der Waals surface area contributed by atoms with Crippen LogP contribution < -0.4 is 0 Å². The van der Waals surface area contributed by atoms with E-state index < -0.39 is 11.6 Å². The van der Waals surface area contributed by atoms with Crippen molar-refractivity contribution >= 4 is 11.8 Å². The zero-order valence-corrected chi connectivity index (χ0v) is 18.1. The lowest BCUT2D eigenvalue weighted by Gasteiger charge is -2.60. The molecule has 4 rings (SSSR count). The maximum atomic E-state index is 12.1.